The monoisotopic (exact) mass is 214 g/mol. The van der Waals surface area contributed by atoms with Crippen LogP contribution in [0.2, 0.25) is 0 Å². The Morgan fingerprint density at radius 2 is 1.73 bits per heavy atom. The smallest absolute Gasteiger partial charge is 0.138 e. The third-order valence-corrected chi connectivity index (χ3v) is 2.34. The highest BCUT2D eigenvalue weighted by molar-refractivity contribution is 5.83. The van der Waals surface area contributed by atoms with E-state index in [4.69, 9.17) is 4.74 Å². The van der Waals surface area contributed by atoms with Crippen molar-refractivity contribution < 1.29 is 9.53 Å². The average Bonchev–Trinajstić information content (AvgIpc) is 2.08. The maximum absolute atomic E-state index is 11.6. The molecule has 0 radical (unpaired) electrons. The van der Waals surface area contributed by atoms with Crippen LogP contribution >= 0.6 is 0 Å². The first kappa shape index (κ1) is 14.6. The summed E-state index contributed by atoms with van der Waals surface area (Å²) in [6.45, 7) is 10.9. The van der Waals surface area contributed by atoms with Gasteiger partial charge in [-0.1, -0.05) is 27.2 Å². The van der Waals surface area contributed by atoms with Gasteiger partial charge in [0.05, 0.1) is 6.10 Å². The van der Waals surface area contributed by atoms with E-state index in [-0.39, 0.29) is 5.41 Å². The zero-order valence-corrected chi connectivity index (χ0v) is 10.9. The fraction of sp³-hybridized carbons (Fsp3) is 0.923. The molecule has 90 valence electrons. The molecule has 0 aromatic carbocycles. The van der Waals surface area contributed by atoms with Gasteiger partial charge in [-0.15, -0.1) is 0 Å². The third kappa shape index (κ3) is 8.61. The summed E-state index contributed by atoms with van der Waals surface area (Å²) in [4.78, 5) is 11.6. The topological polar surface area (TPSA) is 26.3 Å². The van der Waals surface area contributed by atoms with Crippen LogP contribution in [0, 0.1) is 5.41 Å². The molecule has 0 saturated heterocycles. The van der Waals surface area contributed by atoms with Gasteiger partial charge in [-0.05, 0) is 26.7 Å². The zero-order chi connectivity index (χ0) is 11.9. The van der Waals surface area contributed by atoms with E-state index in [2.05, 4.69) is 0 Å². The van der Waals surface area contributed by atoms with Gasteiger partial charge < -0.3 is 4.74 Å². The van der Waals surface area contributed by atoms with Crippen LogP contribution in [0.15, 0.2) is 0 Å². The molecule has 0 saturated carbocycles. The number of ether oxygens (including phenoxy) is 1. The SMILES string of the molecule is CC(C)OCCCCCC(=O)C(C)(C)C. The molecule has 15 heavy (non-hydrogen) atoms. The molecule has 0 bridgehead atoms. The standard InChI is InChI=1S/C13H26O2/c1-11(2)15-10-8-6-7-9-12(14)13(3,4)5/h11H,6-10H2,1-5H3. The van der Waals surface area contributed by atoms with Crippen molar-refractivity contribution in [3.8, 4) is 0 Å². The minimum absolute atomic E-state index is 0.172. The van der Waals surface area contributed by atoms with Crippen LogP contribution < -0.4 is 0 Å². The number of unbranched alkanes of at least 4 members (excludes halogenated alkanes) is 2. The number of hydrogen-bond acceptors (Lipinski definition) is 2. The van der Waals surface area contributed by atoms with E-state index in [1.807, 2.05) is 34.6 Å². The Bertz CT molecular complexity index is 177. The number of hydrogen-bond donors (Lipinski definition) is 0. The van der Waals surface area contributed by atoms with E-state index >= 15 is 0 Å². The van der Waals surface area contributed by atoms with Crippen molar-refractivity contribution in [1.82, 2.24) is 0 Å². The predicted octanol–water partition coefficient (Wildman–Crippen LogP) is 3.59. The lowest BCUT2D eigenvalue weighted by molar-refractivity contribution is -0.126. The first-order chi connectivity index (χ1) is 6.84. The van der Waals surface area contributed by atoms with Crippen LogP contribution in [0.25, 0.3) is 0 Å². The van der Waals surface area contributed by atoms with E-state index < -0.39 is 0 Å². The van der Waals surface area contributed by atoms with Gasteiger partial charge in [0.2, 0.25) is 0 Å². The number of Topliss-reactive ketones (excluding diaryl/α,β-unsaturated/α-hetero) is 1. The van der Waals surface area contributed by atoms with Gasteiger partial charge in [0, 0.05) is 18.4 Å². The Morgan fingerprint density at radius 1 is 1.13 bits per heavy atom. The molecule has 0 spiro atoms. The molecule has 0 rings (SSSR count). The largest absolute Gasteiger partial charge is 0.379 e. The number of carbonyl (C=O) groups is 1. The summed E-state index contributed by atoms with van der Waals surface area (Å²) >= 11 is 0. The van der Waals surface area contributed by atoms with Gasteiger partial charge in [-0.2, -0.15) is 0 Å². The number of rotatable bonds is 7. The van der Waals surface area contributed by atoms with Crippen LogP contribution in [0.1, 0.15) is 60.3 Å². The van der Waals surface area contributed by atoms with E-state index in [9.17, 15) is 4.79 Å². The van der Waals surface area contributed by atoms with Crippen LogP contribution in [-0.4, -0.2) is 18.5 Å². The molecular formula is C13H26O2. The second-order valence-corrected chi connectivity index (χ2v) is 5.40. The van der Waals surface area contributed by atoms with Crippen LogP contribution in [0.4, 0.5) is 0 Å². The third-order valence-electron chi connectivity index (χ3n) is 2.34. The van der Waals surface area contributed by atoms with Crippen molar-refractivity contribution in [3.05, 3.63) is 0 Å². The number of carbonyl (C=O) groups excluding carboxylic acids is 1. The molecule has 0 unspecified atom stereocenters. The van der Waals surface area contributed by atoms with Crippen LogP contribution in [0.3, 0.4) is 0 Å². The van der Waals surface area contributed by atoms with E-state index in [1.54, 1.807) is 0 Å². The van der Waals surface area contributed by atoms with Gasteiger partial charge >= 0.3 is 0 Å². The second-order valence-electron chi connectivity index (χ2n) is 5.40. The van der Waals surface area contributed by atoms with Crippen molar-refractivity contribution in [3.63, 3.8) is 0 Å². The molecule has 2 heteroatoms. The maximum Gasteiger partial charge on any atom is 0.138 e. The Kier molecular flexibility index (Phi) is 6.82. The van der Waals surface area contributed by atoms with E-state index in [0.717, 1.165) is 25.9 Å². The number of ketones is 1. The molecule has 0 aliphatic heterocycles. The summed E-state index contributed by atoms with van der Waals surface area (Å²) in [6, 6.07) is 0. The normalized spacial score (nSPS) is 12.1. The molecule has 0 N–H and O–H groups in total. The Morgan fingerprint density at radius 3 is 2.20 bits per heavy atom. The highest BCUT2D eigenvalue weighted by Gasteiger charge is 2.19. The Labute approximate surface area is 94.4 Å². The maximum atomic E-state index is 11.6. The second kappa shape index (κ2) is 7.00. The molecule has 0 amide bonds. The van der Waals surface area contributed by atoms with Crippen molar-refractivity contribution in [2.45, 2.75) is 66.4 Å². The molecule has 0 atom stereocenters. The van der Waals surface area contributed by atoms with Gasteiger partial charge in [0.25, 0.3) is 0 Å². The summed E-state index contributed by atoms with van der Waals surface area (Å²) in [6.07, 6.45) is 4.19. The molecule has 0 aliphatic rings. The van der Waals surface area contributed by atoms with Crippen molar-refractivity contribution in [2.24, 2.45) is 5.41 Å². The first-order valence-electron chi connectivity index (χ1n) is 5.99. The summed E-state index contributed by atoms with van der Waals surface area (Å²) in [5.74, 6) is 0.368. The summed E-state index contributed by atoms with van der Waals surface area (Å²) in [7, 11) is 0. The fourth-order valence-electron chi connectivity index (χ4n) is 1.26. The van der Waals surface area contributed by atoms with Gasteiger partial charge in [-0.25, -0.2) is 0 Å². The van der Waals surface area contributed by atoms with E-state index in [1.165, 1.54) is 0 Å². The van der Waals surface area contributed by atoms with Crippen LogP contribution in [-0.2, 0) is 9.53 Å². The highest BCUT2D eigenvalue weighted by Crippen LogP contribution is 2.18. The van der Waals surface area contributed by atoms with Crippen LogP contribution in [0.5, 0.6) is 0 Å². The molecule has 2 nitrogen and oxygen atoms in total. The Balaban J connectivity index is 3.36. The molecule has 0 aliphatic carbocycles. The lowest BCUT2D eigenvalue weighted by atomic mass is 9.88. The molecular weight excluding hydrogens is 188 g/mol. The molecule has 0 fully saturated rings. The lowest BCUT2D eigenvalue weighted by Gasteiger charge is -2.16. The summed E-state index contributed by atoms with van der Waals surface area (Å²) in [5, 5.41) is 0. The minimum atomic E-state index is -0.172. The Hall–Kier alpha value is -0.370. The summed E-state index contributed by atoms with van der Waals surface area (Å²) in [5.41, 5.74) is -0.172. The van der Waals surface area contributed by atoms with E-state index in [0.29, 0.717) is 18.3 Å². The van der Waals surface area contributed by atoms with Gasteiger partial charge in [0.1, 0.15) is 5.78 Å². The molecule has 0 heterocycles. The van der Waals surface area contributed by atoms with Crippen molar-refractivity contribution >= 4 is 5.78 Å². The van der Waals surface area contributed by atoms with Crippen molar-refractivity contribution in [1.29, 1.82) is 0 Å². The fourth-order valence-corrected chi connectivity index (χ4v) is 1.26. The minimum Gasteiger partial charge on any atom is -0.379 e. The average molecular weight is 214 g/mol. The zero-order valence-electron chi connectivity index (χ0n) is 10.9. The first-order valence-corrected chi connectivity index (χ1v) is 5.99. The van der Waals surface area contributed by atoms with Gasteiger partial charge in [-0.3, -0.25) is 4.79 Å². The highest BCUT2D eigenvalue weighted by atomic mass is 16.5. The van der Waals surface area contributed by atoms with Crippen molar-refractivity contribution in [2.75, 3.05) is 6.61 Å². The molecule has 0 aromatic heterocycles. The lowest BCUT2D eigenvalue weighted by Crippen LogP contribution is -2.19. The quantitative estimate of drug-likeness (QED) is 0.605. The summed E-state index contributed by atoms with van der Waals surface area (Å²) < 4.78 is 5.43. The van der Waals surface area contributed by atoms with Gasteiger partial charge in [0.15, 0.2) is 0 Å². The molecule has 0 aromatic rings. The predicted molar refractivity (Wildman–Crippen MR) is 64.0 cm³/mol.